The minimum absolute atomic E-state index is 0.244. The van der Waals surface area contributed by atoms with Crippen LogP contribution in [-0.4, -0.2) is 5.91 Å². The molecule has 20 heavy (non-hydrogen) atoms. The maximum Gasteiger partial charge on any atom is 0.256 e. The van der Waals surface area contributed by atoms with Crippen LogP contribution in [0.15, 0.2) is 40.9 Å². The summed E-state index contributed by atoms with van der Waals surface area (Å²) in [7, 11) is 0. The lowest BCUT2D eigenvalue weighted by atomic mass is 10.1. The molecule has 3 nitrogen and oxygen atoms in total. The molecule has 100 valence electrons. The first kappa shape index (κ1) is 14.6. The van der Waals surface area contributed by atoms with Crippen molar-refractivity contribution in [3.63, 3.8) is 0 Å². The summed E-state index contributed by atoms with van der Waals surface area (Å²) in [6, 6.07) is 12.3. The Kier molecular flexibility index (Phi) is 4.43. The highest BCUT2D eigenvalue weighted by Crippen LogP contribution is 2.22. The summed E-state index contributed by atoms with van der Waals surface area (Å²) < 4.78 is 0.718. The maximum atomic E-state index is 12.2. The number of benzene rings is 2. The highest BCUT2D eigenvalue weighted by atomic mass is 79.9. The van der Waals surface area contributed by atoms with Crippen LogP contribution in [0, 0.1) is 18.3 Å². The molecule has 0 atom stereocenters. The summed E-state index contributed by atoms with van der Waals surface area (Å²) >= 11 is 9.20. The molecule has 1 amide bonds. The fraction of sp³-hybridized carbons (Fsp3) is 0.0667. The van der Waals surface area contributed by atoms with E-state index >= 15 is 0 Å². The zero-order valence-corrected chi connectivity index (χ0v) is 12.9. The Morgan fingerprint density at radius 3 is 2.75 bits per heavy atom. The molecule has 1 N–H and O–H groups in total. The molecule has 0 unspecified atom stereocenters. The van der Waals surface area contributed by atoms with Gasteiger partial charge in [-0.1, -0.05) is 23.2 Å². The summed E-state index contributed by atoms with van der Waals surface area (Å²) in [5, 5.41) is 12.0. The molecular formula is C15H10BrClN2O. The number of hydrogen-bond acceptors (Lipinski definition) is 2. The maximum absolute atomic E-state index is 12.2. The van der Waals surface area contributed by atoms with E-state index in [0.29, 0.717) is 21.8 Å². The summed E-state index contributed by atoms with van der Waals surface area (Å²) in [5.41, 5.74) is 2.39. The summed E-state index contributed by atoms with van der Waals surface area (Å²) in [6.45, 7) is 1.92. The van der Waals surface area contributed by atoms with Gasteiger partial charge in [0.2, 0.25) is 0 Å². The molecule has 0 radical (unpaired) electrons. The molecule has 0 spiro atoms. The Morgan fingerprint density at radius 1 is 1.30 bits per heavy atom. The SMILES string of the molecule is Cc1ccc(Br)c(C(=O)Nc2ccc(Cl)c(C#N)c2)c1. The molecule has 2 rings (SSSR count). The van der Waals surface area contributed by atoms with Crippen molar-refractivity contribution in [2.45, 2.75) is 6.92 Å². The number of anilines is 1. The lowest BCUT2D eigenvalue weighted by Crippen LogP contribution is -2.12. The van der Waals surface area contributed by atoms with Crippen molar-refractivity contribution in [3.05, 3.63) is 62.6 Å². The number of aryl methyl sites for hydroxylation is 1. The predicted molar refractivity (Wildman–Crippen MR) is 83.0 cm³/mol. The van der Waals surface area contributed by atoms with Gasteiger partial charge in [-0.25, -0.2) is 0 Å². The fourth-order valence-corrected chi connectivity index (χ4v) is 2.29. The molecular weight excluding hydrogens is 340 g/mol. The van der Waals surface area contributed by atoms with Crippen LogP contribution in [0.3, 0.4) is 0 Å². The van der Waals surface area contributed by atoms with Crippen molar-refractivity contribution in [3.8, 4) is 6.07 Å². The molecule has 0 saturated carbocycles. The van der Waals surface area contributed by atoms with Crippen molar-refractivity contribution in [2.75, 3.05) is 5.32 Å². The Hall–Kier alpha value is -1.83. The van der Waals surface area contributed by atoms with E-state index < -0.39 is 0 Å². The Balaban J connectivity index is 2.28. The average Bonchev–Trinajstić information content (AvgIpc) is 2.43. The third-order valence-electron chi connectivity index (χ3n) is 2.71. The van der Waals surface area contributed by atoms with Gasteiger partial charge in [0.1, 0.15) is 6.07 Å². The minimum Gasteiger partial charge on any atom is -0.322 e. The van der Waals surface area contributed by atoms with E-state index in [4.69, 9.17) is 16.9 Å². The molecule has 2 aromatic rings. The number of halogens is 2. The van der Waals surface area contributed by atoms with Crippen LogP contribution in [0.5, 0.6) is 0 Å². The number of nitrogens with one attached hydrogen (secondary N) is 1. The second-order valence-corrected chi connectivity index (χ2v) is 5.51. The number of nitriles is 1. The fourth-order valence-electron chi connectivity index (χ4n) is 1.70. The van der Waals surface area contributed by atoms with Crippen LogP contribution >= 0.6 is 27.5 Å². The van der Waals surface area contributed by atoms with Crippen LogP contribution in [-0.2, 0) is 0 Å². The molecule has 5 heteroatoms. The number of carbonyl (C=O) groups is 1. The van der Waals surface area contributed by atoms with E-state index in [-0.39, 0.29) is 5.91 Å². The standard InChI is InChI=1S/C15H10BrClN2O/c1-9-2-4-13(16)12(6-9)15(20)19-11-3-5-14(17)10(7-11)8-18/h2-7H,1H3,(H,19,20). The van der Waals surface area contributed by atoms with Gasteiger partial charge < -0.3 is 5.32 Å². The second-order valence-electron chi connectivity index (χ2n) is 4.24. The minimum atomic E-state index is -0.244. The highest BCUT2D eigenvalue weighted by Gasteiger charge is 2.11. The topological polar surface area (TPSA) is 52.9 Å². The van der Waals surface area contributed by atoms with Gasteiger partial charge in [0, 0.05) is 10.2 Å². The molecule has 2 aromatic carbocycles. The van der Waals surface area contributed by atoms with Crippen LogP contribution in [0.4, 0.5) is 5.69 Å². The van der Waals surface area contributed by atoms with E-state index in [0.717, 1.165) is 10.0 Å². The van der Waals surface area contributed by atoms with Crippen molar-refractivity contribution in [2.24, 2.45) is 0 Å². The third-order valence-corrected chi connectivity index (χ3v) is 3.73. The zero-order chi connectivity index (χ0) is 14.7. The molecule has 0 saturated heterocycles. The Labute approximate surface area is 130 Å². The first-order valence-electron chi connectivity index (χ1n) is 5.78. The number of carbonyl (C=O) groups excluding carboxylic acids is 1. The van der Waals surface area contributed by atoms with E-state index in [9.17, 15) is 4.79 Å². The first-order chi connectivity index (χ1) is 9.51. The van der Waals surface area contributed by atoms with Crippen molar-refractivity contribution in [1.82, 2.24) is 0 Å². The third kappa shape index (κ3) is 3.19. The van der Waals surface area contributed by atoms with Gasteiger partial charge in [0.05, 0.1) is 16.1 Å². The van der Waals surface area contributed by atoms with Gasteiger partial charge in [0.15, 0.2) is 0 Å². The summed E-state index contributed by atoms with van der Waals surface area (Å²) in [6.07, 6.45) is 0. The van der Waals surface area contributed by atoms with Crippen LogP contribution in [0.25, 0.3) is 0 Å². The second kappa shape index (κ2) is 6.08. The molecule has 0 aromatic heterocycles. The number of amides is 1. The van der Waals surface area contributed by atoms with Crippen LogP contribution < -0.4 is 5.32 Å². The number of rotatable bonds is 2. The average molecular weight is 350 g/mol. The van der Waals surface area contributed by atoms with Gasteiger partial charge in [-0.3, -0.25) is 4.79 Å². The van der Waals surface area contributed by atoms with Crippen LogP contribution in [0.2, 0.25) is 5.02 Å². The summed E-state index contributed by atoms with van der Waals surface area (Å²) in [5.74, 6) is -0.244. The van der Waals surface area contributed by atoms with Gasteiger partial charge in [-0.15, -0.1) is 0 Å². The molecule has 0 fully saturated rings. The molecule has 0 aliphatic heterocycles. The molecule has 0 bridgehead atoms. The van der Waals surface area contributed by atoms with Crippen LogP contribution in [0.1, 0.15) is 21.5 Å². The monoisotopic (exact) mass is 348 g/mol. The normalized spacial score (nSPS) is 9.90. The lowest BCUT2D eigenvalue weighted by Gasteiger charge is -2.08. The zero-order valence-electron chi connectivity index (χ0n) is 10.6. The quantitative estimate of drug-likeness (QED) is 0.865. The smallest absolute Gasteiger partial charge is 0.256 e. The molecule has 0 heterocycles. The number of hydrogen-bond donors (Lipinski definition) is 1. The summed E-state index contributed by atoms with van der Waals surface area (Å²) in [4.78, 5) is 12.2. The van der Waals surface area contributed by atoms with E-state index in [1.54, 1.807) is 24.3 Å². The largest absolute Gasteiger partial charge is 0.322 e. The first-order valence-corrected chi connectivity index (χ1v) is 6.95. The number of nitrogens with zero attached hydrogens (tertiary/aromatic N) is 1. The van der Waals surface area contributed by atoms with E-state index in [2.05, 4.69) is 21.2 Å². The van der Waals surface area contributed by atoms with Crippen molar-refractivity contribution < 1.29 is 4.79 Å². The van der Waals surface area contributed by atoms with E-state index in [1.807, 2.05) is 25.1 Å². The predicted octanol–water partition coefficient (Wildman–Crippen LogP) is 4.53. The molecule has 0 aliphatic rings. The highest BCUT2D eigenvalue weighted by molar-refractivity contribution is 9.10. The van der Waals surface area contributed by atoms with Gasteiger partial charge in [0.25, 0.3) is 5.91 Å². The Bertz CT molecular complexity index is 722. The van der Waals surface area contributed by atoms with Crippen molar-refractivity contribution >= 4 is 39.1 Å². The molecule has 0 aliphatic carbocycles. The van der Waals surface area contributed by atoms with Gasteiger partial charge in [-0.2, -0.15) is 5.26 Å². The lowest BCUT2D eigenvalue weighted by molar-refractivity contribution is 0.102. The van der Waals surface area contributed by atoms with Gasteiger partial charge >= 0.3 is 0 Å². The van der Waals surface area contributed by atoms with E-state index in [1.165, 1.54) is 0 Å². The van der Waals surface area contributed by atoms with Gasteiger partial charge in [-0.05, 0) is 53.2 Å². The Morgan fingerprint density at radius 2 is 2.05 bits per heavy atom. The van der Waals surface area contributed by atoms with Crippen molar-refractivity contribution in [1.29, 1.82) is 5.26 Å².